The Morgan fingerprint density at radius 3 is 2.76 bits per heavy atom. The fourth-order valence-corrected chi connectivity index (χ4v) is 2.82. The van der Waals surface area contributed by atoms with Gasteiger partial charge in [-0.2, -0.15) is 0 Å². The first-order valence-electron chi connectivity index (χ1n) is 8.15. The monoisotopic (exact) mass is 341 g/mol. The summed E-state index contributed by atoms with van der Waals surface area (Å²) in [5.41, 5.74) is 0.967. The molecule has 0 atom stereocenters. The molecule has 25 heavy (non-hydrogen) atoms. The number of carbonyl (C=O) groups excluding carboxylic acids is 1. The molecule has 8 heteroatoms. The minimum atomic E-state index is -0.525. The fourth-order valence-electron chi connectivity index (χ4n) is 2.82. The topological polar surface area (TPSA) is 101 Å². The Morgan fingerprint density at radius 2 is 2.04 bits per heavy atom. The van der Waals surface area contributed by atoms with Crippen LogP contribution in [-0.2, 0) is 6.54 Å². The Labute approximate surface area is 145 Å². The zero-order valence-corrected chi connectivity index (χ0v) is 13.9. The molecule has 1 N–H and O–H groups in total. The molecule has 0 saturated carbocycles. The molecule has 1 aromatic carbocycles. The van der Waals surface area contributed by atoms with Gasteiger partial charge in [0.25, 0.3) is 11.6 Å². The van der Waals surface area contributed by atoms with E-state index in [1.165, 1.54) is 24.3 Å². The Kier molecular flexibility index (Phi) is 4.87. The molecule has 0 spiro atoms. The lowest BCUT2D eigenvalue weighted by atomic mass is 10.2. The van der Waals surface area contributed by atoms with Crippen molar-refractivity contribution in [3.05, 3.63) is 57.5 Å². The van der Waals surface area contributed by atoms with Crippen LogP contribution in [0.1, 0.15) is 34.7 Å². The smallest absolute Gasteiger partial charge is 0.270 e. The highest BCUT2D eigenvalue weighted by Gasteiger charge is 2.16. The van der Waals surface area contributed by atoms with Gasteiger partial charge in [0.05, 0.1) is 11.5 Å². The number of hydrogen-bond donors (Lipinski definition) is 1. The molecule has 1 fully saturated rings. The van der Waals surface area contributed by atoms with Gasteiger partial charge in [0.15, 0.2) is 0 Å². The number of rotatable bonds is 5. The third kappa shape index (κ3) is 4.09. The van der Waals surface area contributed by atoms with Gasteiger partial charge in [0, 0.05) is 42.5 Å². The van der Waals surface area contributed by atoms with Crippen LogP contribution in [0, 0.1) is 17.0 Å². The zero-order valence-electron chi connectivity index (χ0n) is 13.9. The largest absolute Gasteiger partial charge is 0.357 e. The van der Waals surface area contributed by atoms with E-state index >= 15 is 0 Å². The predicted octanol–water partition coefficient (Wildman–Crippen LogP) is 2.22. The minimum absolute atomic E-state index is 0.115. The summed E-state index contributed by atoms with van der Waals surface area (Å²) in [7, 11) is 0. The van der Waals surface area contributed by atoms with E-state index in [0.29, 0.717) is 5.82 Å². The average Bonchev–Trinajstić information content (AvgIpc) is 3.14. The van der Waals surface area contributed by atoms with Crippen molar-refractivity contribution in [1.29, 1.82) is 0 Å². The number of amides is 1. The summed E-state index contributed by atoms with van der Waals surface area (Å²) in [6, 6.07) is 7.57. The lowest BCUT2D eigenvalue weighted by Crippen LogP contribution is -2.25. The van der Waals surface area contributed by atoms with E-state index in [2.05, 4.69) is 20.2 Å². The van der Waals surface area contributed by atoms with Crippen LogP contribution >= 0.6 is 0 Å². The number of hydrogen-bond acceptors (Lipinski definition) is 6. The summed E-state index contributed by atoms with van der Waals surface area (Å²) in [6.45, 7) is 4.03. The summed E-state index contributed by atoms with van der Waals surface area (Å²) >= 11 is 0. The normalized spacial score (nSPS) is 13.7. The van der Waals surface area contributed by atoms with Crippen LogP contribution in [0.3, 0.4) is 0 Å². The first-order valence-corrected chi connectivity index (χ1v) is 8.15. The van der Waals surface area contributed by atoms with Crippen molar-refractivity contribution in [2.75, 3.05) is 18.0 Å². The molecule has 3 rings (SSSR count). The van der Waals surface area contributed by atoms with Gasteiger partial charge in [0.2, 0.25) is 0 Å². The Balaban J connectivity index is 1.69. The van der Waals surface area contributed by atoms with Gasteiger partial charge in [-0.25, -0.2) is 9.97 Å². The van der Waals surface area contributed by atoms with Crippen molar-refractivity contribution in [2.24, 2.45) is 0 Å². The van der Waals surface area contributed by atoms with Crippen molar-refractivity contribution in [1.82, 2.24) is 15.3 Å². The van der Waals surface area contributed by atoms with Crippen LogP contribution in [0.15, 0.2) is 30.3 Å². The third-order valence-electron chi connectivity index (χ3n) is 4.04. The molecule has 0 unspecified atom stereocenters. The molecule has 1 saturated heterocycles. The molecule has 1 aromatic heterocycles. The second-order valence-corrected chi connectivity index (χ2v) is 5.97. The first-order chi connectivity index (χ1) is 12.0. The number of aromatic nitrogens is 2. The predicted molar refractivity (Wildman–Crippen MR) is 92.5 cm³/mol. The quantitative estimate of drug-likeness (QED) is 0.661. The fraction of sp³-hybridized carbons (Fsp3) is 0.353. The molecule has 8 nitrogen and oxygen atoms in total. The van der Waals surface area contributed by atoms with Gasteiger partial charge < -0.3 is 10.2 Å². The number of nitrogens with one attached hydrogen (secondary N) is 1. The average molecular weight is 341 g/mol. The summed E-state index contributed by atoms with van der Waals surface area (Å²) in [4.78, 5) is 33.6. The number of nitrogens with zero attached hydrogens (tertiary/aromatic N) is 4. The van der Waals surface area contributed by atoms with Crippen LogP contribution < -0.4 is 10.2 Å². The lowest BCUT2D eigenvalue weighted by molar-refractivity contribution is -0.384. The van der Waals surface area contributed by atoms with Crippen molar-refractivity contribution in [3.8, 4) is 0 Å². The molecule has 130 valence electrons. The van der Waals surface area contributed by atoms with E-state index in [4.69, 9.17) is 0 Å². The minimum Gasteiger partial charge on any atom is -0.357 e. The second kappa shape index (κ2) is 7.25. The van der Waals surface area contributed by atoms with Crippen LogP contribution in [0.25, 0.3) is 0 Å². The van der Waals surface area contributed by atoms with Crippen LogP contribution in [0.4, 0.5) is 11.5 Å². The van der Waals surface area contributed by atoms with Crippen molar-refractivity contribution >= 4 is 17.4 Å². The van der Waals surface area contributed by atoms with Crippen molar-refractivity contribution in [3.63, 3.8) is 0 Å². The molecule has 1 aliphatic heterocycles. The highest BCUT2D eigenvalue weighted by Crippen LogP contribution is 2.18. The Bertz CT molecular complexity index is 803. The van der Waals surface area contributed by atoms with E-state index in [9.17, 15) is 14.9 Å². The van der Waals surface area contributed by atoms with E-state index < -0.39 is 10.8 Å². The maximum absolute atomic E-state index is 12.2. The summed E-state index contributed by atoms with van der Waals surface area (Å²) < 4.78 is 0. The number of carbonyl (C=O) groups is 1. The van der Waals surface area contributed by atoms with Crippen LogP contribution in [0.5, 0.6) is 0 Å². The van der Waals surface area contributed by atoms with Gasteiger partial charge in [-0.05, 0) is 25.8 Å². The lowest BCUT2D eigenvalue weighted by Gasteiger charge is -2.17. The van der Waals surface area contributed by atoms with Gasteiger partial charge in [-0.15, -0.1) is 0 Å². The first kappa shape index (κ1) is 16.8. The van der Waals surface area contributed by atoms with Gasteiger partial charge in [-0.1, -0.05) is 6.07 Å². The maximum atomic E-state index is 12.2. The number of aryl methyl sites for hydroxylation is 1. The maximum Gasteiger partial charge on any atom is 0.270 e. The second-order valence-electron chi connectivity index (χ2n) is 5.97. The molecule has 2 heterocycles. The molecular weight excluding hydrogens is 322 g/mol. The number of nitro groups is 1. The number of benzene rings is 1. The van der Waals surface area contributed by atoms with Crippen LogP contribution in [-0.4, -0.2) is 33.9 Å². The Hall–Kier alpha value is -3.03. The van der Waals surface area contributed by atoms with Crippen molar-refractivity contribution in [2.45, 2.75) is 26.3 Å². The number of anilines is 1. The van der Waals surface area contributed by atoms with Crippen LogP contribution in [0.2, 0.25) is 0 Å². The van der Waals surface area contributed by atoms with Gasteiger partial charge in [-0.3, -0.25) is 14.9 Å². The van der Waals surface area contributed by atoms with E-state index in [-0.39, 0.29) is 17.8 Å². The number of non-ortho nitro benzene ring substituents is 1. The SMILES string of the molecule is Cc1cc(N2CCCC2)nc(CNC(=O)c2cccc([N+](=O)[O-])c2)n1. The highest BCUT2D eigenvalue weighted by molar-refractivity contribution is 5.94. The standard InChI is InChI=1S/C17H19N5O3/c1-12-9-16(21-7-2-3-8-21)20-15(19-12)11-18-17(23)13-5-4-6-14(10-13)22(24)25/h4-6,9-10H,2-3,7-8,11H2,1H3,(H,18,23). The molecule has 1 amide bonds. The molecule has 1 aliphatic rings. The highest BCUT2D eigenvalue weighted by atomic mass is 16.6. The van der Waals surface area contributed by atoms with E-state index in [1.807, 2.05) is 13.0 Å². The van der Waals surface area contributed by atoms with Gasteiger partial charge >= 0.3 is 0 Å². The summed E-state index contributed by atoms with van der Waals surface area (Å²) in [5.74, 6) is 1.02. The zero-order chi connectivity index (χ0) is 17.8. The molecular formula is C17H19N5O3. The van der Waals surface area contributed by atoms with E-state index in [0.717, 1.165) is 37.4 Å². The van der Waals surface area contributed by atoms with Crippen molar-refractivity contribution < 1.29 is 9.72 Å². The molecule has 0 bridgehead atoms. The summed E-state index contributed by atoms with van der Waals surface area (Å²) in [5, 5.41) is 13.5. The third-order valence-corrected chi connectivity index (χ3v) is 4.04. The van der Waals surface area contributed by atoms with Gasteiger partial charge in [0.1, 0.15) is 11.6 Å². The molecule has 2 aromatic rings. The van der Waals surface area contributed by atoms with E-state index in [1.54, 1.807) is 0 Å². The molecule has 0 radical (unpaired) electrons. The Morgan fingerprint density at radius 1 is 1.28 bits per heavy atom. The summed E-state index contributed by atoms with van der Waals surface area (Å²) in [6.07, 6.45) is 2.31. The molecule has 0 aliphatic carbocycles. The number of nitro benzene ring substituents is 1.